The smallest absolute Gasteiger partial charge is 0.317 e. The van der Waals surface area contributed by atoms with E-state index in [0.29, 0.717) is 30.0 Å². The number of fused-ring (bicyclic) bond motifs is 1. The van der Waals surface area contributed by atoms with Crippen molar-refractivity contribution in [2.45, 2.75) is 31.9 Å². The highest BCUT2D eigenvalue weighted by atomic mass is 19.4. The predicted octanol–water partition coefficient (Wildman–Crippen LogP) is 5.87. The third-order valence-electron chi connectivity index (χ3n) is 7.38. The molecule has 1 atom stereocenters. The average Bonchev–Trinajstić information content (AvgIpc) is 3.62. The molecule has 2 aliphatic heterocycles. The van der Waals surface area contributed by atoms with Crippen LogP contribution in [0.3, 0.4) is 0 Å². The lowest BCUT2D eigenvalue weighted by atomic mass is 9.98. The first-order valence-electron chi connectivity index (χ1n) is 12.6. The molecular weight excluding hydrogens is 510 g/mol. The number of likely N-dealkylation sites (tertiary alicyclic amines) is 1. The van der Waals surface area contributed by atoms with E-state index in [1.54, 1.807) is 34.0 Å². The van der Waals surface area contributed by atoms with Crippen molar-refractivity contribution in [1.29, 1.82) is 0 Å². The van der Waals surface area contributed by atoms with E-state index in [1.165, 1.54) is 11.0 Å². The summed E-state index contributed by atoms with van der Waals surface area (Å²) >= 11 is 0. The minimum atomic E-state index is -4.62. The van der Waals surface area contributed by atoms with Gasteiger partial charge in [0.25, 0.3) is 5.91 Å². The Kier molecular flexibility index (Phi) is 6.22. The number of amides is 1. The van der Waals surface area contributed by atoms with E-state index in [2.05, 4.69) is 10.2 Å². The van der Waals surface area contributed by atoms with E-state index in [9.17, 15) is 22.4 Å². The molecule has 1 aromatic heterocycles. The van der Waals surface area contributed by atoms with Crippen molar-refractivity contribution in [3.63, 3.8) is 0 Å². The molecule has 0 unspecified atom stereocenters. The highest BCUT2D eigenvalue weighted by molar-refractivity contribution is 6.10. The normalized spacial score (nSPS) is 17.7. The second kappa shape index (κ2) is 9.60. The molecule has 0 bridgehead atoms. The SMILES string of the molecule is Cn1cnnc1-c1ccccc1-c1cccc(N2Cc3c(cc(CN4CC[C@@H](F)C4)cc3C(F)(F)F)C2=O)c1. The highest BCUT2D eigenvalue weighted by Crippen LogP contribution is 2.41. The van der Waals surface area contributed by atoms with Crippen molar-refractivity contribution in [2.24, 2.45) is 7.05 Å². The highest BCUT2D eigenvalue weighted by Gasteiger charge is 2.40. The molecule has 1 amide bonds. The Balaban J connectivity index is 1.36. The first kappa shape index (κ1) is 25.2. The zero-order valence-electron chi connectivity index (χ0n) is 21.1. The lowest BCUT2D eigenvalue weighted by Crippen LogP contribution is -2.23. The van der Waals surface area contributed by atoms with E-state index >= 15 is 0 Å². The van der Waals surface area contributed by atoms with E-state index < -0.39 is 23.8 Å². The number of carbonyl (C=O) groups is 1. The summed E-state index contributed by atoms with van der Waals surface area (Å²) < 4.78 is 57.9. The topological polar surface area (TPSA) is 54.3 Å². The Morgan fingerprint density at radius 1 is 1.00 bits per heavy atom. The van der Waals surface area contributed by atoms with Crippen LogP contribution in [0.4, 0.5) is 23.2 Å². The minimum Gasteiger partial charge on any atom is -0.317 e. The van der Waals surface area contributed by atoms with Crippen molar-refractivity contribution in [1.82, 2.24) is 19.7 Å². The number of benzene rings is 3. The first-order valence-corrected chi connectivity index (χ1v) is 12.6. The maximum atomic E-state index is 14.1. The van der Waals surface area contributed by atoms with Gasteiger partial charge in [0, 0.05) is 43.5 Å². The quantitative estimate of drug-likeness (QED) is 0.300. The van der Waals surface area contributed by atoms with Crippen LogP contribution < -0.4 is 4.90 Å². The molecule has 0 aliphatic carbocycles. The molecule has 6 rings (SSSR count). The number of hydrogen-bond acceptors (Lipinski definition) is 4. The van der Waals surface area contributed by atoms with Crippen LogP contribution in [0.5, 0.6) is 0 Å². The van der Waals surface area contributed by atoms with Gasteiger partial charge < -0.3 is 9.47 Å². The Morgan fingerprint density at radius 2 is 1.79 bits per heavy atom. The van der Waals surface area contributed by atoms with Crippen LogP contribution in [0.1, 0.15) is 33.5 Å². The summed E-state index contributed by atoms with van der Waals surface area (Å²) in [7, 11) is 1.84. The molecule has 6 nitrogen and oxygen atoms in total. The Morgan fingerprint density at radius 3 is 2.49 bits per heavy atom. The van der Waals surface area contributed by atoms with Gasteiger partial charge in [0.2, 0.25) is 0 Å². The summed E-state index contributed by atoms with van der Waals surface area (Å²) in [5.41, 5.74) is 2.54. The third-order valence-corrected chi connectivity index (χ3v) is 7.38. The third kappa shape index (κ3) is 4.69. The van der Waals surface area contributed by atoms with Crippen molar-refractivity contribution in [2.75, 3.05) is 18.0 Å². The van der Waals surface area contributed by atoms with Crippen LogP contribution in [0.2, 0.25) is 0 Å². The molecule has 10 heteroatoms. The number of aryl methyl sites for hydroxylation is 1. The molecule has 0 spiro atoms. The minimum absolute atomic E-state index is 0.0362. The fourth-order valence-electron chi connectivity index (χ4n) is 5.51. The van der Waals surface area contributed by atoms with Crippen molar-refractivity contribution >= 4 is 11.6 Å². The number of aromatic nitrogens is 3. The number of nitrogens with zero attached hydrogens (tertiary/aromatic N) is 5. The lowest BCUT2D eigenvalue weighted by molar-refractivity contribution is -0.138. The largest absolute Gasteiger partial charge is 0.416 e. The van der Waals surface area contributed by atoms with Gasteiger partial charge in [-0.1, -0.05) is 36.4 Å². The zero-order chi connectivity index (χ0) is 27.3. The Hall–Kier alpha value is -4.05. The second-order valence-corrected chi connectivity index (χ2v) is 10.0. The number of halogens is 4. The molecule has 200 valence electrons. The molecule has 1 fully saturated rings. The van der Waals surface area contributed by atoms with Crippen LogP contribution in [0.25, 0.3) is 22.5 Å². The number of alkyl halides is 4. The Bertz CT molecular complexity index is 1560. The second-order valence-electron chi connectivity index (χ2n) is 10.0. The maximum Gasteiger partial charge on any atom is 0.416 e. The molecule has 39 heavy (non-hydrogen) atoms. The van der Waals surface area contributed by atoms with E-state index in [4.69, 9.17) is 0 Å². The first-order chi connectivity index (χ1) is 18.7. The van der Waals surface area contributed by atoms with Gasteiger partial charge in [-0.3, -0.25) is 9.69 Å². The van der Waals surface area contributed by atoms with Gasteiger partial charge >= 0.3 is 6.18 Å². The van der Waals surface area contributed by atoms with Gasteiger partial charge in [0.05, 0.1) is 12.1 Å². The standard InChI is InChI=1S/C29H25F4N5O/c1-36-17-34-35-27(36)23-8-3-2-7-22(23)19-5-4-6-21(13-19)38-16-25-24(28(38)39)11-18(12-26(25)29(31,32)33)14-37-10-9-20(30)15-37/h2-8,11-13,17,20H,9-10,14-16H2,1H3/t20-/m1/s1. The van der Waals surface area contributed by atoms with Gasteiger partial charge in [-0.25, -0.2) is 4.39 Å². The number of carbonyl (C=O) groups excluding carboxylic acids is 1. The molecule has 4 aromatic rings. The predicted molar refractivity (Wildman–Crippen MR) is 139 cm³/mol. The van der Waals surface area contributed by atoms with Gasteiger partial charge in [0.1, 0.15) is 12.5 Å². The molecule has 1 saturated heterocycles. The molecule has 3 heterocycles. The molecule has 0 saturated carbocycles. The molecule has 0 radical (unpaired) electrons. The fraction of sp³-hybridized carbons (Fsp3) is 0.276. The van der Waals surface area contributed by atoms with Gasteiger partial charge in [-0.05, 0) is 52.9 Å². The van der Waals surface area contributed by atoms with Crippen molar-refractivity contribution in [3.05, 3.63) is 89.2 Å². The lowest BCUT2D eigenvalue weighted by Gasteiger charge is -2.18. The monoisotopic (exact) mass is 535 g/mol. The molecular formula is C29H25F4N5O. The van der Waals surface area contributed by atoms with Gasteiger partial charge in [-0.2, -0.15) is 13.2 Å². The molecule has 0 N–H and O–H groups in total. The summed E-state index contributed by atoms with van der Waals surface area (Å²) in [5.74, 6) is 0.181. The van der Waals surface area contributed by atoms with E-state index in [0.717, 1.165) is 22.8 Å². The van der Waals surface area contributed by atoms with Crippen molar-refractivity contribution in [3.8, 4) is 22.5 Å². The summed E-state index contributed by atoms with van der Waals surface area (Å²) in [6.07, 6.45) is -3.64. The van der Waals surface area contributed by atoms with Crippen LogP contribution in [-0.2, 0) is 26.3 Å². The molecule has 3 aromatic carbocycles. The molecule has 2 aliphatic rings. The van der Waals surface area contributed by atoms with Crippen molar-refractivity contribution < 1.29 is 22.4 Å². The fourth-order valence-corrected chi connectivity index (χ4v) is 5.51. The summed E-state index contributed by atoms with van der Waals surface area (Å²) in [6.45, 7) is 0.635. The van der Waals surface area contributed by atoms with Crippen LogP contribution >= 0.6 is 0 Å². The van der Waals surface area contributed by atoms with E-state index in [1.807, 2.05) is 37.4 Å². The average molecular weight is 536 g/mol. The summed E-state index contributed by atoms with van der Waals surface area (Å²) in [5, 5.41) is 8.17. The number of hydrogen-bond donors (Lipinski definition) is 0. The van der Waals surface area contributed by atoms with Gasteiger partial charge in [-0.15, -0.1) is 10.2 Å². The van der Waals surface area contributed by atoms with E-state index in [-0.39, 0.29) is 30.8 Å². The Labute approximate surface area is 222 Å². The van der Waals surface area contributed by atoms with Crippen LogP contribution in [0, 0.1) is 0 Å². The maximum absolute atomic E-state index is 14.1. The van der Waals surface area contributed by atoms with Crippen LogP contribution in [-0.4, -0.2) is 44.8 Å². The number of anilines is 1. The summed E-state index contributed by atoms with van der Waals surface area (Å²) in [6, 6.07) is 17.5. The van der Waals surface area contributed by atoms with Gasteiger partial charge in [0.15, 0.2) is 5.82 Å². The van der Waals surface area contributed by atoms with Crippen LogP contribution in [0.15, 0.2) is 67.0 Å². The number of rotatable bonds is 5. The summed E-state index contributed by atoms with van der Waals surface area (Å²) in [4.78, 5) is 16.7. The zero-order valence-corrected chi connectivity index (χ0v) is 21.1.